The van der Waals surface area contributed by atoms with E-state index in [1.54, 1.807) is 58.9 Å². The Morgan fingerprint density at radius 1 is 0.756 bits per heavy atom. The molecular formula is C55H81ClF4N10O9S3. The molecule has 1 heterocycles. The van der Waals surface area contributed by atoms with Gasteiger partial charge in [-0.2, -0.15) is 40.5 Å². The monoisotopic (exact) mass is 1230 g/mol. The van der Waals surface area contributed by atoms with E-state index in [4.69, 9.17) is 51.1 Å². The Labute approximate surface area is 505 Å². The maximum atomic E-state index is 13.8. The highest BCUT2D eigenvalue weighted by Crippen LogP contribution is 2.24. The second-order valence-corrected chi connectivity index (χ2v) is 20.2. The van der Waals surface area contributed by atoms with Gasteiger partial charge in [0.1, 0.15) is 35.1 Å². The van der Waals surface area contributed by atoms with Gasteiger partial charge in [0, 0.05) is 58.2 Å². The summed E-state index contributed by atoms with van der Waals surface area (Å²) in [6.07, 6.45) is -4.29. The molecule has 82 heavy (non-hydrogen) atoms. The minimum Gasteiger partial charge on any atom is -0.448 e. The zero-order chi connectivity index (χ0) is 58.5. The van der Waals surface area contributed by atoms with Crippen molar-refractivity contribution in [1.82, 2.24) is 25.2 Å². The number of likely N-dealkylation sites (N-methyl/N-ethyl adjacent to an activating group) is 3. The van der Waals surface area contributed by atoms with E-state index < -0.39 is 54.0 Å². The van der Waals surface area contributed by atoms with Crippen molar-refractivity contribution in [2.75, 3.05) is 72.5 Å². The van der Waals surface area contributed by atoms with E-state index in [9.17, 15) is 31.9 Å². The van der Waals surface area contributed by atoms with Crippen molar-refractivity contribution in [3.8, 4) is 11.3 Å². The van der Waals surface area contributed by atoms with E-state index >= 15 is 0 Å². The average Bonchev–Trinajstić information content (AvgIpc) is 3.87. The molecule has 0 aliphatic heterocycles. The minimum absolute atomic E-state index is 0. The molecule has 0 saturated heterocycles. The number of hydrogen-bond donors (Lipinski definition) is 3. The molecular weight excluding hydrogens is 1150 g/mol. The molecule has 0 unspecified atom stereocenters. The van der Waals surface area contributed by atoms with Crippen LogP contribution in [0.4, 0.5) is 37.8 Å². The number of halogens is 5. The van der Waals surface area contributed by atoms with E-state index in [1.165, 1.54) is 46.2 Å². The van der Waals surface area contributed by atoms with Crippen molar-refractivity contribution in [1.29, 1.82) is 0 Å². The number of carbonyl (C=O) groups excluding carboxylic acids is 3. The van der Waals surface area contributed by atoms with Crippen molar-refractivity contribution >= 4 is 76.3 Å². The number of nitrogens with zero attached hydrogens (tertiary/aromatic N) is 7. The maximum absolute atomic E-state index is 13.8. The van der Waals surface area contributed by atoms with Gasteiger partial charge in [-0.15, -0.1) is 0 Å². The van der Waals surface area contributed by atoms with E-state index in [-0.39, 0.29) is 104 Å². The molecule has 0 fully saturated rings. The largest absolute Gasteiger partial charge is 0.448 e. The summed E-state index contributed by atoms with van der Waals surface area (Å²) in [6.45, 7) is 12.4. The van der Waals surface area contributed by atoms with Gasteiger partial charge < -0.3 is 49.1 Å². The molecule has 0 saturated carbocycles. The van der Waals surface area contributed by atoms with Crippen LogP contribution in [0.2, 0.25) is 5.02 Å². The molecule has 4 N–H and O–H groups in total. The topological polar surface area (TPSA) is 232 Å². The number of rotatable bonds is 24. The number of azide groups is 1. The van der Waals surface area contributed by atoms with Gasteiger partial charge in [-0.1, -0.05) is 107 Å². The Bertz CT molecular complexity index is 2670. The molecule has 458 valence electrons. The third-order valence-corrected chi connectivity index (χ3v) is 11.4. The number of nitrogens with two attached hydrogens (primary N) is 1. The average molecular weight is 1230 g/mol. The highest BCUT2D eigenvalue weighted by atomic mass is 35.5. The van der Waals surface area contributed by atoms with Gasteiger partial charge in [0.05, 0.1) is 56.1 Å². The molecule has 27 heteroatoms. The number of nitrogens with one attached hydrogen (secondary N) is 2. The standard InChI is InChI=1S/C23H23ClF4N4O3.C16H24N4O3.C16H26N2O3.3H2S.H2/c1-32(12-15-5-3-7-18(26)22(15)24)17(10-29-11-20(27)28)13-34-23(33)30-21-9-19(31-35-21)14-4-2-6-16(25)8-14;1-16(2,3)23-15(21)20(4)14(10-18-19-17)12-22-11-13-8-6-5-7-9-13;1-16(2,3)21-15(19)18(4)14(10-17)12-20-11-13-8-6-5-7-9-13;;;;/h2-9,17,20,29H,10-13H2,1H3,(H,30,33);5-9,14H,10-12H2,1-4H3;5-9,14H,10-12,17H2,1-4H3;3*1H2;1H/t17-;2*14-;;;;/m000..../s1. The number of carbonyl (C=O) groups is 3. The lowest BCUT2D eigenvalue weighted by Crippen LogP contribution is -2.46. The Balaban J connectivity index is 0. The summed E-state index contributed by atoms with van der Waals surface area (Å²) < 4.78 is 84.5. The number of anilines is 1. The summed E-state index contributed by atoms with van der Waals surface area (Å²) >= 11 is 6.01. The maximum Gasteiger partial charge on any atom is 0.414 e. The molecule has 3 atom stereocenters. The Morgan fingerprint density at radius 2 is 1.29 bits per heavy atom. The van der Waals surface area contributed by atoms with Crippen molar-refractivity contribution < 1.29 is 61.6 Å². The van der Waals surface area contributed by atoms with Gasteiger partial charge >= 0.3 is 18.3 Å². The number of alkyl halides is 2. The summed E-state index contributed by atoms with van der Waals surface area (Å²) in [4.78, 5) is 43.7. The fourth-order valence-corrected chi connectivity index (χ4v) is 6.88. The second-order valence-electron chi connectivity index (χ2n) is 19.8. The van der Waals surface area contributed by atoms with Gasteiger partial charge in [0.25, 0.3) is 6.43 Å². The number of aromatic nitrogens is 1. The van der Waals surface area contributed by atoms with Crippen LogP contribution in [0.1, 0.15) is 59.7 Å². The van der Waals surface area contributed by atoms with E-state index in [0.717, 1.165) is 11.1 Å². The molecule has 0 spiro atoms. The van der Waals surface area contributed by atoms with Crippen LogP contribution in [-0.2, 0) is 43.4 Å². The molecule has 0 aliphatic carbocycles. The van der Waals surface area contributed by atoms with Gasteiger partial charge in [-0.3, -0.25) is 10.2 Å². The lowest BCUT2D eigenvalue weighted by molar-refractivity contribution is 0.00698. The summed E-state index contributed by atoms with van der Waals surface area (Å²) in [5, 5.41) is 12.3. The summed E-state index contributed by atoms with van der Waals surface area (Å²) in [5.74, 6) is -1.05. The summed E-state index contributed by atoms with van der Waals surface area (Å²) in [6, 6.07) is 29.9. The number of amides is 3. The van der Waals surface area contributed by atoms with Crippen LogP contribution >= 0.6 is 52.1 Å². The molecule has 1 aromatic heterocycles. The molecule has 0 radical (unpaired) electrons. The fraction of sp³-hybridized carbons (Fsp3) is 0.455. The Morgan fingerprint density at radius 3 is 1.80 bits per heavy atom. The molecule has 0 aliphatic rings. The lowest BCUT2D eigenvalue weighted by Gasteiger charge is -2.29. The highest BCUT2D eigenvalue weighted by Gasteiger charge is 2.27. The molecule has 3 amide bonds. The van der Waals surface area contributed by atoms with Crippen LogP contribution in [0.25, 0.3) is 21.7 Å². The summed E-state index contributed by atoms with van der Waals surface area (Å²) in [5.41, 5.74) is 16.5. The van der Waals surface area contributed by atoms with Crippen molar-refractivity contribution in [3.63, 3.8) is 0 Å². The van der Waals surface area contributed by atoms with Crippen molar-refractivity contribution in [2.24, 2.45) is 10.8 Å². The number of ether oxygens (including phenoxy) is 5. The van der Waals surface area contributed by atoms with Gasteiger partial charge in [-0.25, -0.2) is 31.9 Å². The molecule has 0 bridgehead atoms. The van der Waals surface area contributed by atoms with Crippen LogP contribution in [0.15, 0.2) is 119 Å². The van der Waals surface area contributed by atoms with E-state index in [1.807, 2.05) is 81.4 Å². The first-order valence-corrected chi connectivity index (χ1v) is 25.4. The zero-order valence-electron chi connectivity index (χ0n) is 47.5. The van der Waals surface area contributed by atoms with Gasteiger partial charge in [0.2, 0.25) is 5.88 Å². The van der Waals surface area contributed by atoms with Gasteiger partial charge in [0.15, 0.2) is 0 Å². The third-order valence-electron chi connectivity index (χ3n) is 10.9. The lowest BCUT2D eigenvalue weighted by atomic mass is 10.1. The third kappa shape index (κ3) is 30.4. The number of hydrogen-bond acceptors (Lipinski definition) is 14. The quantitative estimate of drug-likeness (QED) is 0.0172. The zero-order valence-corrected chi connectivity index (χ0v) is 51.3. The van der Waals surface area contributed by atoms with Crippen LogP contribution in [0.3, 0.4) is 0 Å². The van der Waals surface area contributed by atoms with E-state index in [0.29, 0.717) is 43.2 Å². The first kappa shape index (κ1) is 76.1. The first-order chi connectivity index (χ1) is 37.4. The first-order valence-electron chi connectivity index (χ1n) is 25.0. The van der Waals surface area contributed by atoms with Crippen molar-refractivity contribution in [2.45, 2.75) is 97.1 Å². The highest BCUT2D eigenvalue weighted by molar-refractivity contribution is 7.59. The van der Waals surface area contributed by atoms with Crippen LogP contribution in [0, 0.1) is 11.6 Å². The number of benzene rings is 4. The predicted molar refractivity (Wildman–Crippen MR) is 326 cm³/mol. The SMILES string of the molecule is CN(C(=O)OC(C)(C)C)[C@@H](CN)COCc1ccccc1.CN(C(=O)OC(C)(C)C)[C@@H](CN=[N+]=[N-])COCc1ccccc1.CN(Cc1cccc(F)c1Cl)[C@@H](CNCC(F)F)COC(=O)Nc1cc(-c2cccc(F)c2)no1.S.S.S.[HH]. The molecule has 4 aromatic carbocycles. The second kappa shape index (κ2) is 39.5. The van der Waals surface area contributed by atoms with Crippen LogP contribution < -0.4 is 16.4 Å². The minimum atomic E-state index is -2.55. The van der Waals surface area contributed by atoms with Gasteiger partial charge in [-0.05, 0) is 89.0 Å². The van der Waals surface area contributed by atoms with Crippen LogP contribution in [-0.4, -0.2) is 141 Å². The molecule has 5 aromatic rings. The molecule has 5 rings (SSSR count). The Kier molecular flexibility index (Phi) is 36.7. The predicted octanol–water partition coefficient (Wildman–Crippen LogP) is 11.9. The Hall–Kier alpha value is -5.93. The van der Waals surface area contributed by atoms with Crippen molar-refractivity contribution in [3.05, 3.63) is 153 Å². The molecule has 19 nitrogen and oxygen atoms in total. The van der Waals surface area contributed by atoms with E-state index in [2.05, 4.69) is 25.8 Å². The fourth-order valence-electron chi connectivity index (χ4n) is 6.69. The summed E-state index contributed by atoms with van der Waals surface area (Å²) in [7, 11) is 4.95. The smallest absolute Gasteiger partial charge is 0.414 e. The normalized spacial score (nSPS) is 11.9. The van der Waals surface area contributed by atoms with Crippen LogP contribution in [0.5, 0.6) is 0 Å².